The predicted octanol–water partition coefficient (Wildman–Crippen LogP) is 2.32. The van der Waals surface area contributed by atoms with Crippen molar-refractivity contribution < 1.29 is 9.53 Å². The van der Waals surface area contributed by atoms with E-state index in [0.29, 0.717) is 39.3 Å². The van der Waals surface area contributed by atoms with Gasteiger partial charge in [-0.05, 0) is 23.8 Å². The molecule has 1 aliphatic heterocycles. The van der Waals surface area contributed by atoms with Crippen LogP contribution in [0.3, 0.4) is 0 Å². The minimum atomic E-state index is -0.713. The summed E-state index contributed by atoms with van der Waals surface area (Å²) >= 11 is 0. The van der Waals surface area contributed by atoms with E-state index in [-0.39, 0.29) is 5.91 Å². The fraction of sp³-hybridized carbons (Fsp3) is 0.174. The number of ether oxygens (including phenoxy) is 1. The predicted molar refractivity (Wildman–Crippen MR) is 118 cm³/mol. The molecule has 31 heavy (non-hydrogen) atoms. The maximum absolute atomic E-state index is 13.3. The highest BCUT2D eigenvalue weighted by Gasteiger charge is 2.37. The van der Waals surface area contributed by atoms with Crippen LogP contribution < -0.4 is 21.3 Å². The molecule has 0 saturated carbocycles. The molecule has 0 radical (unpaired) electrons. The number of carbonyl (C=O) groups is 1. The van der Waals surface area contributed by atoms with Gasteiger partial charge in [0.2, 0.25) is 5.91 Å². The Morgan fingerprint density at radius 3 is 2.42 bits per heavy atom. The lowest BCUT2D eigenvalue weighted by Gasteiger charge is -2.14. The number of carbonyl (C=O) groups excluding carboxylic acids is 1. The van der Waals surface area contributed by atoms with Crippen LogP contribution >= 0.6 is 0 Å². The summed E-state index contributed by atoms with van der Waals surface area (Å²) in [5, 5.41) is 3.21. The molecule has 3 heterocycles. The van der Waals surface area contributed by atoms with Crippen LogP contribution in [0.25, 0.3) is 22.3 Å². The summed E-state index contributed by atoms with van der Waals surface area (Å²) in [5.41, 5.74) is 2.74. The van der Waals surface area contributed by atoms with Gasteiger partial charge >= 0.3 is 5.69 Å². The van der Waals surface area contributed by atoms with Crippen LogP contribution in [0.15, 0.2) is 58.1 Å². The van der Waals surface area contributed by atoms with Crippen molar-refractivity contribution >= 4 is 22.6 Å². The smallest absolute Gasteiger partial charge is 0.332 e. The highest BCUT2D eigenvalue weighted by molar-refractivity contribution is 6.09. The van der Waals surface area contributed by atoms with Crippen LogP contribution in [-0.4, -0.2) is 27.1 Å². The van der Waals surface area contributed by atoms with Gasteiger partial charge < -0.3 is 15.0 Å². The first-order valence-corrected chi connectivity index (χ1v) is 9.78. The number of hydrogen-bond donors (Lipinski definition) is 2. The Labute approximate surface area is 176 Å². The van der Waals surface area contributed by atoms with E-state index in [1.165, 1.54) is 11.6 Å². The SMILES string of the molecule is COc1ccccc1-c1[nH]c2c(c1C1C(=O)Nc3ccccc31)c(=O)n(C)c(=O)n2C. The van der Waals surface area contributed by atoms with Crippen molar-refractivity contribution in [1.82, 2.24) is 14.1 Å². The van der Waals surface area contributed by atoms with Crippen LogP contribution in [0.5, 0.6) is 5.75 Å². The zero-order chi connectivity index (χ0) is 21.9. The minimum Gasteiger partial charge on any atom is -0.496 e. The van der Waals surface area contributed by atoms with Gasteiger partial charge in [0.05, 0.1) is 24.1 Å². The molecule has 4 aromatic rings. The number of H-pyrrole nitrogens is 1. The van der Waals surface area contributed by atoms with Gasteiger partial charge in [-0.25, -0.2) is 4.79 Å². The highest BCUT2D eigenvalue weighted by atomic mass is 16.5. The number of nitrogens with zero attached hydrogens (tertiary/aromatic N) is 2. The average molecular weight is 416 g/mol. The van der Waals surface area contributed by atoms with Crippen molar-refractivity contribution in [3.05, 3.63) is 80.5 Å². The summed E-state index contributed by atoms with van der Waals surface area (Å²) in [4.78, 5) is 42.2. The molecular weight excluding hydrogens is 396 g/mol. The van der Waals surface area contributed by atoms with Crippen molar-refractivity contribution in [2.24, 2.45) is 14.1 Å². The maximum Gasteiger partial charge on any atom is 0.332 e. The first-order valence-electron chi connectivity index (χ1n) is 9.78. The Morgan fingerprint density at radius 2 is 1.65 bits per heavy atom. The second kappa shape index (κ2) is 6.73. The van der Waals surface area contributed by atoms with E-state index in [4.69, 9.17) is 4.74 Å². The van der Waals surface area contributed by atoms with Crippen molar-refractivity contribution in [1.29, 1.82) is 0 Å². The van der Waals surface area contributed by atoms with Crippen LogP contribution in [-0.2, 0) is 18.9 Å². The molecule has 1 aliphatic rings. The van der Waals surface area contributed by atoms with Gasteiger partial charge in [-0.1, -0.05) is 30.3 Å². The molecule has 0 aliphatic carbocycles. The zero-order valence-corrected chi connectivity index (χ0v) is 17.2. The Kier molecular flexibility index (Phi) is 4.11. The zero-order valence-electron chi connectivity index (χ0n) is 17.2. The van der Waals surface area contributed by atoms with E-state index in [9.17, 15) is 14.4 Å². The van der Waals surface area contributed by atoms with E-state index in [1.54, 1.807) is 14.2 Å². The third kappa shape index (κ3) is 2.58. The molecule has 0 saturated heterocycles. The number of aromatic nitrogens is 3. The molecule has 8 heteroatoms. The second-order valence-electron chi connectivity index (χ2n) is 7.55. The number of rotatable bonds is 3. The molecule has 5 rings (SSSR count). The van der Waals surface area contributed by atoms with E-state index in [0.717, 1.165) is 10.1 Å². The van der Waals surface area contributed by atoms with Crippen LogP contribution in [0.2, 0.25) is 0 Å². The van der Waals surface area contributed by atoms with E-state index in [1.807, 2.05) is 48.5 Å². The van der Waals surface area contributed by atoms with Crippen LogP contribution in [0.4, 0.5) is 5.69 Å². The first-order chi connectivity index (χ1) is 14.9. The van der Waals surface area contributed by atoms with Gasteiger partial charge in [0.1, 0.15) is 11.4 Å². The summed E-state index contributed by atoms with van der Waals surface area (Å²) in [5.74, 6) is -0.354. The van der Waals surface area contributed by atoms with Gasteiger partial charge in [-0.3, -0.25) is 18.7 Å². The van der Waals surface area contributed by atoms with E-state index in [2.05, 4.69) is 10.3 Å². The largest absolute Gasteiger partial charge is 0.496 e. The Hall–Kier alpha value is -4.07. The highest BCUT2D eigenvalue weighted by Crippen LogP contribution is 2.44. The number of fused-ring (bicyclic) bond motifs is 2. The average Bonchev–Trinajstić information content (AvgIpc) is 3.33. The lowest BCUT2D eigenvalue weighted by atomic mass is 9.89. The fourth-order valence-corrected chi connectivity index (χ4v) is 4.39. The lowest BCUT2D eigenvalue weighted by molar-refractivity contribution is -0.116. The molecule has 1 amide bonds. The monoisotopic (exact) mass is 416 g/mol. The molecule has 0 bridgehead atoms. The van der Waals surface area contributed by atoms with Gasteiger partial charge in [0.25, 0.3) is 5.56 Å². The second-order valence-corrected chi connectivity index (χ2v) is 7.55. The number of amides is 1. The van der Waals surface area contributed by atoms with Gasteiger partial charge in [-0.2, -0.15) is 0 Å². The van der Waals surface area contributed by atoms with Crippen molar-refractivity contribution in [2.45, 2.75) is 5.92 Å². The lowest BCUT2D eigenvalue weighted by Crippen LogP contribution is -2.37. The molecule has 8 nitrogen and oxygen atoms in total. The van der Waals surface area contributed by atoms with E-state index < -0.39 is 17.2 Å². The van der Waals surface area contributed by atoms with Crippen molar-refractivity contribution in [3.8, 4) is 17.0 Å². The normalized spacial score (nSPS) is 15.2. The number of anilines is 1. The molecule has 2 N–H and O–H groups in total. The number of hydrogen-bond acceptors (Lipinski definition) is 4. The van der Waals surface area contributed by atoms with Crippen LogP contribution in [0, 0.1) is 0 Å². The standard InChI is InChI=1S/C23H20N4O4/c1-26-20-18(22(29)27(2)23(26)30)17(16-12-8-4-6-10-14(12)24-21(16)28)19(25-20)13-9-5-7-11-15(13)31-3/h4-11,16,25H,1-3H3,(H,24,28). The number of aromatic amines is 1. The van der Waals surface area contributed by atoms with E-state index >= 15 is 0 Å². The fourth-order valence-electron chi connectivity index (χ4n) is 4.39. The number of aryl methyl sites for hydroxylation is 1. The number of benzene rings is 2. The van der Waals surface area contributed by atoms with Gasteiger partial charge in [0, 0.05) is 30.9 Å². The number of para-hydroxylation sites is 2. The molecule has 2 aromatic heterocycles. The summed E-state index contributed by atoms with van der Waals surface area (Å²) in [6.07, 6.45) is 0. The molecular formula is C23H20N4O4. The third-order valence-electron chi connectivity index (χ3n) is 5.90. The first kappa shape index (κ1) is 18.9. The summed E-state index contributed by atoms with van der Waals surface area (Å²) in [6.45, 7) is 0. The quantitative estimate of drug-likeness (QED) is 0.536. The van der Waals surface area contributed by atoms with Crippen molar-refractivity contribution in [3.63, 3.8) is 0 Å². The Bertz CT molecular complexity index is 1490. The minimum absolute atomic E-state index is 0.228. The van der Waals surface area contributed by atoms with Crippen molar-refractivity contribution in [2.75, 3.05) is 12.4 Å². The number of methoxy groups -OCH3 is 1. The maximum atomic E-state index is 13.3. The Balaban J connectivity index is 1.97. The van der Waals surface area contributed by atoms with Gasteiger partial charge in [-0.15, -0.1) is 0 Å². The topological polar surface area (TPSA) is 98.1 Å². The van der Waals surface area contributed by atoms with Crippen LogP contribution in [0.1, 0.15) is 17.0 Å². The molecule has 0 fully saturated rings. The molecule has 2 aromatic carbocycles. The van der Waals surface area contributed by atoms with Gasteiger partial charge in [0.15, 0.2) is 0 Å². The molecule has 156 valence electrons. The summed E-state index contributed by atoms with van der Waals surface area (Å²) < 4.78 is 7.99. The molecule has 1 atom stereocenters. The molecule has 0 spiro atoms. The Morgan fingerprint density at radius 1 is 0.935 bits per heavy atom. The summed E-state index contributed by atoms with van der Waals surface area (Å²) in [6, 6.07) is 14.8. The summed E-state index contributed by atoms with van der Waals surface area (Å²) in [7, 11) is 4.60. The number of nitrogens with one attached hydrogen (secondary N) is 2. The molecule has 1 unspecified atom stereocenters. The third-order valence-corrected chi connectivity index (χ3v) is 5.90.